The van der Waals surface area contributed by atoms with Crippen molar-refractivity contribution in [1.29, 1.82) is 0 Å². The molecule has 0 aliphatic heterocycles. The van der Waals surface area contributed by atoms with Crippen LogP contribution in [0.4, 0.5) is 0 Å². The van der Waals surface area contributed by atoms with Crippen LogP contribution in [0, 0.1) is 5.92 Å². The minimum absolute atomic E-state index is 0.179. The van der Waals surface area contributed by atoms with Crippen LogP contribution in [0.2, 0.25) is 0 Å². The number of carboxylic acid groups (broad SMARTS) is 1. The molecule has 0 spiro atoms. The van der Waals surface area contributed by atoms with Crippen molar-refractivity contribution in [2.24, 2.45) is 5.92 Å². The molecular weight excluding hydrogens is 274 g/mol. The van der Waals surface area contributed by atoms with Gasteiger partial charge in [0.25, 0.3) is 0 Å². The second kappa shape index (κ2) is 6.09. The summed E-state index contributed by atoms with van der Waals surface area (Å²) in [7, 11) is 0. The van der Waals surface area contributed by atoms with Gasteiger partial charge in [-0.2, -0.15) is 4.98 Å². The second-order valence-electron chi connectivity index (χ2n) is 5.27. The van der Waals surface area contributed by atoms with E-state index in [4.69, 9.17) is 14.0 Å². The molecule has 2 atom stereocenters. The first-order valence-electron chi connectivity index (χ1n) is 7.05. The van der Waals surface area contributed by atoms with Gasteiger partial charge < -0.3 is 19.4 Å². The molecule has 0 radical (unpaired) electrons. The number of nitrogens with one attached hydrogen (secondary N) is 1. The molecule has 0 aromatic carbocycles. The zero-order valence-electron chi connectivity index (χ0n) is 11.5. The van der Waals surface area contributed by atoms with Crippen LogP contribution in [0.5, 0.6) is 0 Å². The molecule has 1 aliphatic rings. The van der Waals surface area contributed by atoms with E-state index in [2.05, 4.69) is 15.5 Å². The number of furan rings is 1. The minimum Gasteiger partial charge on any atom is -0.481 e. The van der Waals surface area contributed by atoms with E-state index in [1.54, 1.807) is 18.4 Å². The topological polar surface area (TPSA) is 101 Å². The maximum absolute atomic E-state index is 11.0. The summed E-state index contributed by atoms with van der Waals surface area (Å²) in [6.07, 6.45) is 4.86. The summed E-state index contributed by atoms with van der Waals surface area (Å²) in [5.74, 6) is 0.494. The first-order chi connectivity index (χ1) is 10.2. The molecule has 1 aliphatic carbocycles. The van der Waals surface area contributed by atoms with E-state index in [1.807, 2.05) is 0 Å². The fourth-order valence-corrected chi connectivity index (χ4v) is 2.66. The van der Waals surface area contributed by atoms with Crippen LogP contribution >= 0.6 is 0 Å². The third-order valence-electron chi connectivity index (χ3n) is 3.78. The Hall–Kier alpha value is -2.15. The maximum Gasteiger partial charge on any atom is 0.306 e. The molecule has 2 heterocycles. The molecule has 1 fully saturated rings. The Kier molecular flexibility index (Phi) is 4.01. The SMILES string of the molecule is O=C(O)C1CCCC(NCc2nc(-c3ccco3)no2)C1. The highest BCUT2D eigenvalue weighted by atomic mass is 16.5. The summed E-state index contributed by atoms with van der Waals surface area (Å²) in [6, 6.07) is 3.71. The summed E-state index contributed by atoms with van der Waals surface area (Å²) in [5.41, 5.74) is 0. The predicted octanol–water partition coefficient (Wildman–Crippen LogP) is 2.06. The fourth-order valence-electron chi connectivity index (χ4n) is 2.66. The lowest BCUT2D eigenvalue weighted by Crippen LogP contribution is -2.36. The standard InChI is InChI=1S/C14H17N3O4/c18-14(19)9-3-1-4-10(7-9)15-8-12-16-13(17-21-12)11-5-2-6-20-11/h2,5-6,9-10,15H,1,3-4,7-8H2,(H,18,19). The molecule has 1 saturated carbocycles. The van der Waals surface area contributed by atoms with Crippen molar-refractivity contribution in [2.75, 3.05) is 0 Å². The molecule has 2 N–H and O–H groups in total. The van der Waals surface area contributed by atoms with E-state index in [0.29, 0.717) is 30.4 Å². The molecule has 7 nitrogen and oxygen atoms in total. The Labute approximate surface area is 121 Å². The van der Waals surface area contributed by atoms with E-state index in [-0.39, 0.29) is 12.0 Å². The molecule has 21 heavy (non-hydrogen) atoms. The monoisotopic (exact) mass is 291 g/mol. The number of rotatable bonds is 5. The van der Waals surface area contributed by atoms with Crippen LogP contribution in [-0.4, -0.2) is 27.3 Å². The lowest BCUT2D eigenvalue weighted by atomic mass is 9.86. The van der Waals surface area contributed by atoms with E-state index in [1.165, 1.54) is 0 Å². The van der Waals surface area contributed by atoms with Crippen molar-refractivity contribution < 1.29 is 18.8 Å². The van der Waals surface area contributed by atoms with Gasteiger partial charge in [-0.25, -0.2) is 0 Å². The number of aromatic nitrogens is 2. The number of carbonyl (C=O) groups is 1. The lowest BCUT2D eigenvalue weighted by molar-refractivity contribution is -0.143. The van der Waals surface area contributed by atoms with Crippen LogP contribution in [0.3, 0.4) is 0 Å². The van der Waals surface area contributed by atoms with Crippen molar-refractivity contribution in [3.63, 3.8) is 0 Å². The van der Waals surface area contributed by atoms with Crippen molar-refractivity contribution >= 4 is 5.97 Å². The van der Waals surface area contributed by atoms with Crippen LogP contribution in [0.15, 0.2) is 27.3 Å². The number of carboxylic acids is 1. The van der Waals surface area contributed by atoms with E-state index in [0.717, 1.165) is 19.3 Å². The van der Waals surface area contributed by atoms with E-state index >= 15 is 0 Å². The number of hydrogen-bond acceptors (Lipinski definition) is 6. The van der Waals surface area contributed by atoms with Gasteiger partial charge in [-0.05, 0) is 31.4 Å². The van der Waals surface area contributed by atoms with Gasteiger partial charge in [0.2, 0.25) is 11.7 Å². The normalized spacial score (nSPS) is 22.3. The highest BCUT2D eigenvalue weighted by Crippen LogP contribution is 2.24. The summed E-state index contributed by atoms with van der Waals surface area (Å²) >= 11 is 0. The van der Waals surface area contributed by atoms with Crippen molar-refractivity contribution in [2.45, 2.75) is 38.3 Å². The predicted molar refractivity (Wildman–Crippen MR) is 72.2 cm³/mol. The van der Waals surface area contributed by atoms with Crippen LogP contribution < -0.4 is 5.32 Å². The third kappa shape index (κ3) is 3.30. The average molecular weight is 291 g/mol. The van der Waals surface area contributed by atoms with Gasteiger partial charge in [-0.15, -0.1) is 0 Å². The van der Waals surface area contributed by atoms with Gasteiger partial charge >= 0.3 is 5.97 Å². The van der Waals surface area contributed by atoms with Gasteiger partial charge in [0, 0.05) is 6.04 Å². The zero-order valence-corrected chi connectivity index (χ0v) is 11.5. The largest absolute Gasteiger partial charge is 0.481 e. The zero-order chi connectivity index (χ0) is 14.7. The molecular formula is C14H17N3O4. The van der Waals surface area contributed by atoms with E-state index < -0.39 is 5.97 Å². The maximum atomic E-state index is 11.0. The summed E-state index contributed by atoms with van der Waals surface area (Å²) in [5, 5.41) is 16.2. The lowest BCUT2D eigenvalue weighted by Gasteiger charge is -2.26. The molecule has 2 unspecified atom stereocenters. The molecule has 2 aromatic rings. The number of aliphatic carboxylic acids is 1. The Balaban J connectivity index is 1.54. The summed E-state index contributed by atoms with van der Waals surface area (Å²) in [4.78, 5) is 15.3. The van der Waals surface area contributed by atoms with Crippen molar-refractivity contribution in [1.82, 2.24) is 15.5 Å². The van der Waals surface area contributed by atoms with Crippen molar-refractivity contribution in [3.05, 3.63) is 24.3 Å². The highest BCUT2D eigenvalue weighted by Gasteiger charge is 2.26. The van der Waals surface area contributed by atoms with Gasteiger partial charge in [0.1, 0.15) is 0 Å². The first-order valence-corrected chi connectivity index (χ1v) is 7.05. The van der Waals surface area contributed by atoms with Gasteiger partial charge in [-0.1, -0.05) is 11.6 Å². The van der Waals surface area contributed by atoms with Crippen LogP contribution in [0.25, 0.3) is 11.6 Å². The van der Waals surface area contributed by atoms with Crippen LogP contribution in [-0.2, 0) is 11.3 Å². The van der Waals surface area contributed by atoms with Crippen molar-refractivity contribution in [3.8, 4) is 11.6 Å². The third-order valence-corrected chi connectivity index (χ3v) is 3.78. The molecule has 0 saturated heterocycles. The number of nitrogens with zero attached hydrogens (tertiary/aromatic N) is 2. The highest BCUT2D eigenvalue weighted by molar-refractivity contribution is 5.70. The Morgan fingerprint density at radius 1 is 1.48 bits per heavy atom. The molecule has 0 bridgehead atoms. The number of hydrogen-bond donors (Lipinski definition) is 2. The fraction of sp³-hybridized carbons (Fsp3) is 0.500. The molecule has 0 amide bonds. The Morgan fingerprint density at radius 2 is 2.38 bits per heavy atom. The van der Waals surface area contributed by atoms with E-state index in [9.17, 15) is 4.79 Å². The first kappa shape index (κ1) is 13.8. The molecule has 2 aromatic heterocycles. The quantitative estimate of drug-likeness (QED) is 0.869. The molecule has 112 valence electrons. The van der Waals surface area contributed by atoms with Gasteiger partial charge in [0.05, 0.1) is 18.7 Å². The van der Waals surface area contributed by atoms with Gasteiger partial charge in [-0.3, -0.25) is 4.79 Å². The minimum atomic E-state index is -0.709. The molecule has 3 rings (SSSR count). The Bertz CT molecular complexity index is 593. The summed E-state index contributed by atoms with van der Waals surface area (Å²) in [6.45, 7) is 0.435. The van der Waals surface area contributed by atoms with Crippen LogP contribution in [0.1, 0.15) is 31.6 Å². The average Bonchev–Trinajstić information content (AvgIpc) is 3.16. The van der Waals surface area contributed by atoms with Gasteiger partial charge in [0.15, 0.2) is 5.76 Å². The second-order valence-corrected chi connectivity index (χ2v) is 5.27. The summed E-state index contributed by atoms with van der Waals surface area (Å²) < 4.78 is 10.4. The smallest absolute Gasteiger partial charge is 0.306 e. The Morgan fingerprint density at radius 3 is 3.14 bits per heavy atom. The molecule has 7 heteroatoms.